The second-order valence-electron chi connectivity index (χ2n) is 11.5. The van der Waals surface area contributed by atoms with E-state index in [0.717, 1.165) is 22.3 Å². The average Bonchev–Trinajstić information content (AvgIpc) is 2.81. The molecule has 3 N–H and O–H groups in total. The minimum Gasteiger partial charge on any atom is -0.444 e. The van der Waals surface area contributed by atoms with Gasteiger partial charge in [0.15, 0.2) is 0 Å². The SMILES string of the molecule is Cc1cccc(C(C(=O)Nc2c(C)cccc2C)N(CCO)C(=O)C(CC(C)C)NC(=O)OC(C)(C)C)c1C. The van der Waals surface area contributed by atoms with Crippen molar-refractivity contribution in [1.29, 1.82) is 0 Å². The van der Waals surface area contributed by atoms with Gasteiger partial charge in [-0.3, -0.25) is 9.59 Å². The van der Waals surface area contributed by atoms with E-state index in [4.69, 9.17) is 4.74 Å². The Balaban J connectivity index is 2.60. The summed E-state index contributed by atoms with van der Waals surface area (Å²) in [5.74, 6) is -0.804. The van der Waals surface area contributed by atoms with Gasteiger partial charge in [0.05, 0.1) is 6.61 Å². The van der Waals surface area contributed by atoms with Gasteiger partial charge in [-0.05, 0) is 88.6 Å². The first kappa shape index (κ1) is 31.8. The number of hydrogen-bond donors (Lipinski definition) is 3. The second kappa shape index (κ2) is 13.6. The van der Waals surface area contributed by atoms with Crippen LogP contribution in [0.4, 0.5) is 10.5 Å². The highest BCUT2D eigenvalue weighted by atomic mass is 16.6. The van der Waals surface area contributed by atoms with Crippen molar-refractivity contribution in [2.45, 2.75) is 86.4 Å². The van der Waals surface area contributed by atoms with Crippen LogP contribution in [0.1, 0.15) is 74.9 Å². The van der Waals surface area contributed by atoms with Gasteiger partial charge >= 0.3 is 6.09 Å². The largest absolute Gasteiger partial charge is 0.444 e. The van der Waals surface area contributed by atoms with Gasteiger partial charge in [-0.25, -0.2) is 4.79 Å². The molecule has 3 amide bonds. The van der Waals surface area contributed by atoms with Crippen LogP contribution in [0.25, 0.3) is 0 Å². The molecule has 2 unspecified atom stereocenters. The van der Waals surface area contributed by atoms with Crippen molar-refractivity contribution in [2.24, 2.45) is 5.92 Å². The molecule has 0 aromatic heterocycles. The van der Waals surface area contributed by atoms with Gasteiger partial charge in [-0.1, -0.05) is 50.2 Å². The summed E-state index contributed by atoms with van der Waals surface area (Å²) < 4.78 is 5.42. The van der Waals surface area contributed by atoms with Crippen LogP contribution in [0.3, 0.4) is 0 Å². The molecule has 0 radical (unpaired) electrons. The summed E-state index contributed by atoms with van der Waals surface area (Å²) in [6.07, 6.45) is -0.383. The lowest BCUT2D eigenvalue weighted by molar-refractivity contribution is -0.141. The maximum absolute atomic E-state index is 14.1. The summed E-state index contributed by atoms with van der Waals surface area (Å²) in [6.45, 7) is 16.4. The smallest absolute Gasteiger partial charge is 0.408 e. The predicted molar refractivity (Wildman–Crippen MR) is 155 cm³/mol. The maximum atomic E-state index is 14.1. The topological polar surface area (TPSA) is 108 Å². The van der Waals surface area contributed by atoms with E-state index in [-0.39, 0.29) is 19.1 Å². The van der Waals surface area contributed by atoms with Gasteiger partial charge in [-0.2, -0.15) is 0 Å². The predicted octanol–water partition coefficient (Wildman–Crippen LogP) is 5.36. The van der Waals surface area contributed by atoms with Crippen molar-refractivity contribution in [1.82, 2.24) is 10.2 Å². The number of para-hydroxylation sites is 1. The molecule has 8 heteroatoms. The van der Waals surface area contributed by atoms with E-state index < -0.39 is 35.6 Å². The first-order chi connectivity index (χ1) is 18.2. The lowest BCUT2D eigenvalue weighted by atomic mass is 9.94. The van der Waals surface area contributed by atoms with Crippen LogP contribution < -0.4 is 10.6 Å². The molecule has 2 aromatic rings. The highest BCUT2D eigenvalue weighted by Crippen LogP contribution is 2.30. The Morgan fingerprint density at radius 1 is 0.949 bits per heavy atom. The van der Waals surface area contributed by atoms with E-state index in [9.17, 15) is 19.5 Å². The fraction of sp³-hybridized carbons (Fsp3) is 0.516. The number of aliphatic hydroxyl groups excluding tert-OH is 1. The molecular weight excluding hydrogens is 494 g/mol. The van der Waals surface area contributed by atoms with E-state index in [2.05, 4.69) is 10.6 Å². The Labute approximate surface area is 233 Å². The number of amides is 3. The van der Waals surface area contributed by atoms with Crippen LogP contribution in [0.15, 0.2) is 36.4 Å². The molecule has 2 atom stereocenters. The molecule has 0 bridgehead atoms. The molecule has 0 aliphatic rings. The molecule has 2 aromatic carbocycles. The number of aliphatic hydroxyl groups is 1. The highest BCUT2D eigenvalue weighted by Gasteiger charge is 2.37. The number of rotatable bonds is 10. The molecule has 0 heterocycles. The van der Waals surface area contributed by atoms with E-state index in [1.54, 1.807) is 20.8 Å². The zero-order valence-corrected chi connectivity index (χ0v) is 24.8. The number of carbonyl (C=O) groups excluding carboxylic acids is 3. The lowest BCUT2D eigenvalue weighted by Crippen LogP contribution is -2.53. The molecule has 0 aliphatic carbocycles. The minimum absolute atomic E-state index is 0.0625. The molecule has 0 saturated carbocycles. The van der Waals surface area contributed by atoms with Crippen molar-refractivity contribution < 1.29 is 24.2 Å². The van der Waals surface area contributed by atoms with Crippen LogP contribution in [0.5, 0.6) is 0 Å². The number of carbonyl (C=O) groups is 3. The van der Waals surface area contributed by atoms with Crippen molar-refractivity contribution in [3.63, 3.8) is 0 Å². The summed E-state index contributed by atoms with van der Waals surface area (Å²) in [7, 11) is 0. The van der Waals surface area contributed by atoms with E-state index in [0.29, 0.717) is 17.7 Å². The van der Waals surface area contributed by atoms with Crippen LogP contribution in [0.2, 0.25) is 0 Å². The molecule has 0 spiro atoms. The van der Waals surface area contributed by atoms with Gasteiger partial charge in [0.25, 0.3) is 5.91 Å². The number of nitrogens with one attached hydrogen (secondary N) is 2. The van der Waals surface area contributed by atoms with Gasteiger partial charge < -0.3 is 25.4 Å². The normalized spacial score (nSPS) is 13.0. The highest BCUT2D eigenvalue weighted by molar-refractivity contribution is 6.00. The van der Waals surface area contributed by atoms with Crippen LogP contribution in [-0.2, 0) is 14.3 Å². The van der Waals surface area contributed by atoms with Crippen molar-refractivity contribution in [3.05, 3.63) is 64.2 Å². The third-order valence-corrected chi connectivity index (χ3v) is 6.55. The first-order valence-electron chi connectivity index (χ1n) is 13.5. The Kier molecular flexibility index (Phi) is 11.1. The zero-order valence-electron chi connectivity index (χ0n) is 24.8. The Morgan fingerprint density at radius 3 is 2.05 bits per heavy atom. The second-order valence-corrected chi connectivity index (χ2v) is 11.5. The first-order valence-corrected chi connectivity index (χ1v) is 13.5. The summed E-state index contributed by atoms with van der Waals surface area (Å²) >= 11 is 0. The number of alkyl carbamates (subject to hydrolysis) is 1. The molecule has 214 valence electrons. The summed E-state index contributed by atoms with van der Waals surface area (Å²) in [5, 5.41) is 15.8. The molecule has 0 saturated heterocycles. The number of anilines is 1. The van der Waals surface area contributed by atoms with Crippen LogP contribution >= 0.6 is 0 Å². The fourth-order valence-electron chi connectivity index (χ4n) is 4.54. The Bertz CT molecular complexity index is 1150. The molecule has 8 nitrogen and oxygen atoms in total. The van der Waals surface area contributed by atoms with E-state index in [1.165, 1.54) is 4.90 Å². The minimum atomic E-state index is -1.04. The van der Waals surface area contributed by atoms with E-state index >= 15 is 0 Å². The Morgan fingerprint density at radius 2 is 1.51 bits per heavy atom. The van der Waals surface area contributed by atoms with Crippen LogP contribution in [-0.4, -0.2) is 52.7 Å². The Hall–Kier alpha value is -3.39. The van der Waals surface area contributed by atoms with Gasteiger partial charge in [0, 0.05) is 12.2 Å². The third-order valence-electron chi connectivity index (χ3n) is 6.55. The number of nitrogens with zero attached hydrogens (tertiary/aromatic N) is 1. The van der Waals surface area contributed by atoms with Crippen LogP contribution in [0, 0.1) is 33.6 Å². The fourth-order valence-corrected chi connectivity index (χ4v) is 4.54. The number of aryl methyl sites for hydroxylation is 3. The average molecular weight is 540 g/mol. The molecule has 0 aliphatic heterocycles. The number of ether oxygens (including phenoxy) is 1. The maximum Gasteiger partial charge on any atom is 0.408 e. The van der Waals surface area contributed by atoms with Gasteiger partial charge in [0.2, 0.25) is 5.91 Å². The monoisotopic (exact) mass is 539 g/mol. The number of benzene rings is 2. The third kappa shape index (κ3) is 8.82. The van der Waals surface area contributed by atoms with Crippen molar-refractivity contribution in [3.8, 4) is 0 Å². The van der Waals surface area contributed by atoms with Crippen molar-refractivity contribution >= 4 is 23.6 Å². The molecule has 2 rings (SSSR count). The van der Waals surface area contributed by atoms with Crippen molar-refractivity contribution in [2.75, 3.05) is 18.5 Å². The van der Waals surface area contributed by atoms with Gasteiger partial charge in [0.1, 0.15) is 17.7 Å². The standard InChI is InChI=1S/C31H45N3O5/c1-19(2)18-25(32-30(38)39-31(7,8)9)29(37)34(16-17-35)27(24-15-11-12-20(3)23(24)6)28(36)33-26-21(4)13-10-14-22(26)5/h10-15,19,25,27,35H,16-18H2,1-9H3,(H,32,38)(H,33,36). The summed E-state index contributed by atoms with van der Waals surface area (Å²) in [6, 6.07) is 9.37. The quantitative estimate of drug-likeness (QED) is 0.377. The number of hydrogen-bond acceptors (Lipinski definition) is 5. The lowest BCUT2D eigenvalue weighted by Gasteiger charge is -2.35. The molecular formula is C31H45N3O5. The van der Waals surface area contributed by atoms with Gasteiger partial charge in [-0.15, -0.1) is 0 Å². The zero-order chi connectivity index (χ0) is 29.5. The van der Waals surface area contributed by atoms with E-state index in [1.807, 2.05) is 77.9 Å². The summed E-state index contributed by atoms with van der Waals surface area (Å²) in [4.78, 5) is 42.3. The molecule has 0 fully saturated rings. The summed E-state index contributed by atoms with van der Waals surface area (Å²) in [5.41, 5.74) is 4.22. The molecule has 39 heavy (non-hydrogen) atoms.